The normalized spacial score (nSPS) is 17.0. The zero-order valence-electron chi connectivity index (χ0n) is 17.4. The number of carbonyl (C=O) groups excluding carboxylic acids is 2. The van der Waals surface area contributed by atoms with Crippen LogP contribution in [0.4, 0.5) is 5.69 Å². The molecule has 1 atom stereocenters. The highest BCUT2D eigenvalue weighted by Crippen LogP contribution is 2.19. The number of likely N-dealkylation sites (tertiary alicyclic amines) is 1. The summed E-state index contributed by atoms with van der Waals surface area (Å²) in [5, 5.41) is 2.99. The van der Waals surface area contributed by atoms with Crippen molar-refractivity contribution >= 4 is 17.5 Å². The molecule has 1 fully saturated rings. The highest BCUT2D eigenvalue weighted by atomic mass is 16.2. The summed E-state index contributed by atoms with van der Waals surface area (Å²) in [5.74, 6) is 0.0510. The van der Waals surface area contributed by atoms with Crippen molar-refractivity contribution in [3.63, 3.8) is 0 Å². The second kappa shape index (κ2) is 10.2. The Morgan fingerprint density at radius 2 is 1.76 bits per heavy atom. The van der Waals surface area contributed by atoms with Gasteiger partial charge in [0, 0.05) is 25.8 Å². The summed E-state index contributed by atoms with van der Waals surface area (Å²) in [6.45, 7) is 4.59. The fourth-order valence-electron chi connectivity index (χ4n) is 3.73. The first kappa shape index (κ1) is 21.1. The van der Waals surface area contributed by atoms with Gasteiger partial charge >= 0.3 is 0 Å². The molecule has 0 bridgehead atoms. The fraction of sp³-hybridized carbons (Fsp3) is 0.417. The van der Waals surface area contributed by atoms with E-state index in [0.717, 1.165) is 37.1 Å². The summed E-state index contributed by atoms with van der Waals surface area (Å²) in [4.78, 5) is 29.2. The molecule has 0 radical (unpaired) electrons. The zero-order chi connectivity index (χ0) is 20.6. The fourth-order valence-corrected chi connectivity index (χ4v) is 3.73. The van der Waals surface area contributed by atoms with Crippen LogP contribution < -0.4 is 5.32 Å². The van der Waals surface area contributed by atoms with Gasteiger partial charge in [-0.15, -0.1) is 0 Å². The SMILES string of the molecule is CCc1ccc(CN(C)C(=O)CN2CCC[C@@H](C(=O)Nc3ccccc3)C2)cc1. The lowest BCUT2D eigenvalue weighted by molar-refractivity contribution is -0.133. The van der Waals surface area contributed by atoms with Gasteiger partial charge in [0.1, 0.15) is 0 Å². The molecule has 1 N–H and O–H groups in total. The number of benzene rings is 2. The van der Waals surface area contributed by atoms with Crippen molar-refractivity contribution in [2.24, 2.45) is 5.92 Å². The topological polar surface area (TPSA) is 52.7 Å². The first-order valence-corrected chi connectivity index (χ1v) is 10.4. The highest BCUT2D eigenvalue weighted by molar-refractivity contribution is 5.92. The molecule has 5 nitrogen and oxygen atoms in total. The summed E-state index contributed by atoms with van der Waals surface area (Å²) in [5.41, 5.74) is 3.26. The predicted molar refractivity (Wildman–Crippen MR) is 117 cm³/mol. The van der Waals surface area contributed by atoms with Crippen LogP contribution in [0.2, 0.25) is 0 Å². The van der Waals surface area contributed by atoms with Crippen LogP contribution in [0, 0.1) is 5.92 Å². The second-order valence-corrected chi connectivity index (χ2v) is 7.85. The van der Waals surface area contributed by atoms with Gasteiger partial charge in [-0.2, -0.15) is 0 Å². The van der Waals surface area contributed by atoms with E-state index in [1.54, 1.807) is 4.90 Å². The predicted octanol–water partition coefficient (Wildman–Crippen LogP) is 3.56. The minimum absolute atomic E-state index is 0.0396. The molecule has 0 unspecified atom stereocenters. The molecule has 5 heteroatoms. The minimum atomic E-state index is -0.0800. The molecule has 1 aliphatic rings. The molecular formula is C24H31N3O2. The zero-order valence-corrected chi connectivity index (χ0v) is 17.4. The Morgan fingerprint density at radius 3 is 2.45 bits per heavy atom. The Kier molecular flexibility index (Phi) is 7.42. The van der Waals surface area contributed by atoms with Crippen LogP contribution in [0.15, 0.2) is 54.6 Å². The Balaban J connectivity index is 1.49. The van der Waals surface area contributed by atoms with Crippen molar-refractivity contribution in [3.05, 3.63) is 65.7 Å². The number of aryl methyl sites for hydroxylation is 1. The van der Waals surface area contributed by atoms with Gasteiger partial charge in [0.05, 0.1) is 12.5 Å². The highest BCUT2D eigenvalue weighted by Gasteiger charge is 2.27. The average Bonchev–Trinajstić information content (AvgIpc) is 2.75. The van der Waals surface area contributed by atoms with Crippen molar-refractivity contribution in [3.8, 4) is 0 Å². The molecule has 1 heterocycles. The Labute approximate surface area is 173 Å². The number of rotatable bonds is 7. The number of para-hydroxylation sites is 1. The monoisotopic (exact) mass is 393 g/mol. The number of anilines is 1. The molecule has 0 aliphatic carbocycles. The van der Waals surface area contributed by atoms with E-state index >= 15 is 0 Å². The molecule has 154 valence electrons. The quantitative estimate of drug-likeness (QED) is 0.783. The third kappa shape index (κ3) is 6.16. The van der Waals surface area contributed by atoms with Gasteiger partial charge in [0.2, 0.25) is 11.8 Å². The largest absolute Gasteiger partial charge is 0.340 e. The van der Waals surface area contributed by atoms with E-state index in [1.807, 2.05) is 37.4 Å². The van der Waals surface area contributed by atoms with Crippen molar-refractivity contribution < 1.29 is 9.59 Å². The second-order valence-electron chi connectivity index (χ2n) is 7.85. The lowest BCUT2D eigenvalue weighted by Crippen LogP contribution is -2.45. The summed E-state index contributed by atoms with van der Waals surface area (Å²) >= 11 is 0. The third-order valence-corrected chi connectivity index (χ3v) is 5.55. The molecule has 0 aromatic heterocycles. The minimum Gasteiger partial charge on any atom is -0.340 e. The third-order valence-electron chi connectivity index (χ3n) is 5.55. The van der Waals surface area contributed by atoms with Crippen LogP contribution >= 0.6 is 0 Å². The Morgan fingerprint density at radius 1 is 1.07 bits per heavy atom. The van der Waals surface area contributed by atoms with E-state index in [9.17, 15) is 9.59 Å². The summed E-state index contributed by atoms with van der Waals surface area (Å²) < 4.78 is 0. The van der Waals surface area contributed by atoms with Gasteiger partial charge in [0.25, 0.3) is 0 Å². The molecule has 2 amide bonds. The molecule has 1 saturated heterocycles. The van der Waals surface area contributed by atoms with Crippen LogP contribution in [0.3, 0.4) is 0 Å². The van der Waals surface area contributed by atoms with Gasteiger partial charge in [0.15, 0.2) is 0 Å². The number of piperidine rings is 1. The van der Waals surface area contributed by atoms with E-state index in [1.165, 1.54) is 5.56 Å². The summed E-state index contributed by atoms with van der Waals surface area (Å²) in [7, 11) is 1.85. The molecule has 0 saturated carbocycles. The number of amides is 2. The summed E-state index contributed by atoms with van der Waals surface area (Å²) in [6, 6.07) is 18.0. The number of nitrogens with zero attached hydrogens (tertiary/aromatic N) is 2. The maximum absolute atomic E-state index is 12.7. The van der Waals surface area contributed by atoms with Gasteiger partial charge in [-0.3, -0.25) is 14.5 Å². The number of nitrogens with one attached hydrogen (secondary N) is 1. The summed E-state index contributed by atoms with van der Waals surface area (Å²) in [6.07, 6.45) is 2.81. The van der Waals surface area contributed by atoms with E-state index < -0.39 is 0 Å². The van der Waals surface area contributed by atoms with Gasteiger partial charge in [-0.25, -0.2) is 0 Å². The standard InChI is InChI=1S/C24H31N3O2/c1-3-19-11-13-20(14-12-19)16-26(2)23(28)18-27-15-7-8-21(17-27)24(29)25-22-9-5-4-6-10-22/h4-6,9-14,21H,3,7-8,15-18H2,1-2H3,(H,25,29)/t21-/m1/s1. The lowest BCUT2D eigenvalue weighted by Gasteiger charge is -2.32. The van der Waals surface area contributed by atoms with Crippen LogP contribution in [0.1, 0.15) is 30.9 Å². The van der Waals surface area contributed by atoms with Gasteiger partial charge in [-0.1, -0.05) is 49.4 Å². The number of hydrogen-bond donors (Lipinski definition) is 1. The molecule has 0 spiro atoms. The van der Waals surface area contributed by atoms with Crippen molar-refractivity contribution in [2.45, 2.75) is 32.7 Å². The first-order valence-electron chi connectivity index (χ1n) is 10.4. The van der Waals surface area contributed by atoms with Crippen LogP contribution in [-0.2, 0) is 22.6 Å². The Bertz CT molecular complexity index is 805. The molecule has 1 aliphatic heterocycles. The maximum Gasteiger partial charge on any atom is 0.236 e. The smallest absolute Gasteiger partial charge is 0.236 e. The molecule has 2 aromatic carbocycles. The van der Waals surface area contributed by atoms with Gasteiger partial charge < -0.3 is 10.2 Å². The van der Waals surface area contributed by atoms with E-state index in [-0.39, 0.29) is 17.7 Å². The average molecular weight is 394 g/mol. The first-order chi connectivity index (χ1) is 14.0. The van der Waals surface area contributed by atoms with E-state index in [0.29, 0.717) is 19.6 Å². The van der Waals surface area contributed by atoms with E-state index in [4.69, 9.17) is 0 Å². The van der Waals surface area contributed by atoms with Crippen LogP contribution in [-0.4, -0.2) is 48.3 Å². The molecule has 3 rings (SSSR count). The number of hydrogen-bond acceptors (Lipinski definition) is 3. The van der Waals surface area contributed by atoms with Gasteiger partial charge in [-0.05, 0) is 49.1 Å². The molecular weight excluding hydrogens is 362 g/mol. The van der Waals surface area contributed by atoms with Crippen molar-refractivity contribution in [1.82, 2.24) is 9.80 Å². The van der Waals surface area contributed by atoms with Crippen molar-refractivity contribution in [1.29, 1.82) is 0 Å². The Hall–Kier alpha value is -2.66. The lowest BCUT2D eigenvalue weighted by atomic mass is 9.97. The van der Waals surface area contributed by atoms with E-state index in [2.05, 4.69) is 41.4 Å². The van der Waals surface area contributed by atoms with Crippen LogP contribution in [0.5, 0.6) is 0 Å². The molecule has 29 heavy (non-hydrogen) atoms. The number of likely N-dealkylation sites (N-methyl/N-ethyl adjacent to an activating group) is 1. The molecule has 2 aromatic rings. The van der Waals surface area contributed by atoms with Crippen molar-refractivity contribution in [2.75, 3.05) is 32.0 Å². The number of carbonyl (C=O) groups is 2. The van der Waals surface area contributed by atoms with Crippen LogP contribution in [0.25, 0.3) is 0 Å². The maximum atomic E-state index is 12.7.